The number of halogens is 2. The van der Waals surface area contributed by atoms with Gasteiger partial charge in [-0.2, -0.15) is 12.6 Å². The summed E-state index contributed by atoms with van der Waals surface area (Å²) in [6.45, 7) is 2.01. The van der Waals surface area contributed by atoms with Gasteiger partial charge in [0.05, 0.1) is 0 Å². The van der Waals surface area contributed by atoms with Crippen LogP contribution in [0.5, 0.6) is 0 Å². The van der Waals surface area contributed by atoms with E-state index in [2.05, 4.69) is 12.6 Å². The van der Waals surface area contributed by atoms with Crippen LogP contribution in [-0.4, -0.2) is 5.75 Å². The first-order valence-corrected chi connectivity index (χ1v) is 4.72. The summed E-state index contributed by atoms with van der Waals surface area (Å²) in [7, 11) is 0. The molecule has 0 saturated carbocycles. The topological polar surface area (TPSA) is 0 Å². The highest BCUT2D eigenvalue weighted by molar-refractivity contribution is 7.80. The van der Waals surface area contributed by atoms with Crippen LogP contribution in [0.15, 0.2) is 18.2 Å². The normalized spacial score (nSPS) is 13.0. The number of thiol groups is 1. The van der Waals surface area contributed by atoms with Crippen molar-refractivity contribution >= 4 is 24.2 Å². The maximum atomic E-state index is 12.6. The van der Waals surface area contributed by atoms with Crippen LogP contribution in [0.25, 0.3) is 0 Å². The van der Waals surface area contributed by atoms with Gasteiger partial charge in [0.1, 0.15) is 5.82 Å². The average molecular weight is 205 g/mol. The molecule has 12 heavy (non-hydrogen) atoms. The molecule has 0 bridgehead atoms. The minimum Gasteiger partial charge on any atom is -0.207 e. The van der Waals surface area contributed by atoms with Gasteiger partial charge in [-0.05, 0) is 29.4 Å². The monoisotopic (exact) mass is 204 g/mol. The van der Waals surface area contributed by atoms with Crippen molar-refractivity contribution in [2.45, 2.75) is 12.8 Å². The second-order valence-electron chi connectivity index (χ2n) is 2.75. The Balaban J connectivity index is 3.01. The van der Waals surface area contributed by atoms with Crippen LogP contribution in [0.2, 0.25) is 5.02 Å². The van der Waals surface area contributed by atoms with E-state index in [0.29, 0.717) is 10.8 Å². The maximum absolute atomic E-state index is 12.6. The molecule has 0 spiro atoms. The molecule has 1 rings (SSSR count). The van der Waals surface area contributed by atoms with E-state index in [0.717, 1.165) is 5.56 Å². The number of benzene rings is 1. The Labute approximate surface area is 82.2 Å². The molecule has 1 aromatic rings. The molecule has 0 aliphatic heterocycles. The van der Waals surface area contributed by atoms with Crippen LogP contribution in [0.4, 0.5) is 4.39 Å². The van der Waals surface area contributed by atoms with Gasteiger partial charge < -0.3 is 0 Å². The van der Waals surface area contributed by atoms with Crippen molar-refractivity contribution in [2.24, 2.45) is 0 Å². The first-order chi connectivity index (χ1) is 5.65. The molecule has 0 fully saturated rings. The zero-order valence-corrected chi connectivity index (χ0v) is 8.37. The van der Waals surface area contributed by atoms with Gasteiger partial charge in [-0.3, -0.25) is 0 Å². The molecule has 0 nitrogen and oxygen atoms in total. The third kappa shape index (κ3) is 2.14. The average Bonchev–Trinajstić information content (AvgIpc) is 2.03. The van der Waals surface area contributed by atoms with E-state index in [9.17, 15) is 4.39 Å². The fraction of sp³-hybridized carbons (Fsp3) is 0.333. The summed E-state index contributed by atoms with van der Waals surface area (Å²) in [5, 5.41) is 0.483. The smallest absolute Gasteiger partial charge is 0.124 e. The van der Waals surface area contributed by atoms with Crippen molar-refractivity contribution in [1.82, 2.24) is 0 Å². The Hall–Kier alpha value is -0.210. The van der Waals surface area contributed by atoms with Crippen LogP contribution in [0, 0.1) is 5.82 Å². The summed E-state index contributed by atoms with van der Waals surface area (Å²) < 4.78 is 12.6. The van der Waals surface area contributed by atoms with Crippen molar-refractivity contribution in [3.8, 4) is 0 Å². The Morgan fingerprint density at radius 3 is 2.75 bits per heavy atom. The van der Waals surface area contributed by atoms with Gasteiger partial charge in [-0.15, -0.1) is 0 Å². The molecule has 0 aromatic heterocycles. The minimum absolute atomic E-state index is 0.265. The lowest BCUT2D eigenvalue weighted by molar-refractivity contribution is 0.626. The van der Waals surface area contributed by atoms with Crippen molar-refractivity contribution in [2.75, 3.05) is 5.75 Å². The molecule has 0 aliphatic rings. The molecule has 1 aromatic carbocycles. The molecule has 66 valence electrons. The highest BCUT2D eigenvalue weighted by atomic mass is 35.5. The predicted octanol–water partition coefficient (Wildman–Crippen LogP) is 3.51. The second kappa shape index (κ2) is 4.15. The lowest BCUT2D eigenvalue weighted by atomic mass is 10.0. The molecular weight excluding hydrogens is 195 g/mol. The quantitative estimate of drug-likeness (QED) is 0.701. The minimum atomic E-state index is -0.296. The summed E-state index contributed by atoms with van der Waals surface area (Å²) >= 11 is 9.98. The molecule has 1 unspecified atom stereocenters. The summed E-state index contributed by atoms with van der Waals surface area (Å²) in [5.41, 5.74) is 0.952. The van der Waals surface area contributed by atoms with Gasteiger partial charge in [0.2, 0.25) is 0 Å². The first kappa shape index (κ1) is 9.87. The SMILES string of the molecule is CC(CS)c1ccc(F)cc1Cl. The van der Waals surface area contributed by atoms with Gasteiger partial charge in [-0.25, -0.2) is 4.39 Å². The van der Waals surface area contributed by atoms with Crippen LogP contribution in [-0.2, 0) is 0 Å². The third-order valence-electron chi connectivity index (χ3n) is 1.77. The van der Waals surface area contributed by atoms with E-state index in [1.807, 2.05) is 6.92 Å². The Bertz CT molecular complexity index is 275. The first-order valence-electron chi connectivity index (χ1n) is 3.71. The fourth-order valence-electron chi connectivity index (χ4n) is 1.000. The molecule has 0 radical (unpaired) electrons. The van der Waals surface area contributed by atoms with E-state index in [1.54, 1.807) is 6.07 Å². The van der Waals surface area contributed by atoms with E-state index in [1.165, 1.54) is 12.1 Å². The van der Waals surface area contributed by atoms with Gasteiger partial charge in [0, 0.05) is 5.02 Å². The molecule has 0 amide bonds. The van der Waals surface area contributed by atoms with Crippen molar-refractivity contribution in [1.29, 1.82) is 0 Å². The predicted molar refractivity (Wildman–Crippen MR) is 53.7 cm³/mol. The number of rotatable bonds is 2. The molecule has 1 atom stereocenters. The van der Waals surface area contributed by atoms with Crippen LogP contribution in [0.1, 0.15) is 18.4 Å². The van der Waals surface area contributed by atoms with Crippen LogP contribution < -0.4 is 0 Å². The maximum Gasteiger partial charge on any atom is 0.124 e. The molecule has 0 heterocycles. The lowest BCUT2D eigenvalue weighted by Gasteiger charge is -2.09. The Morgan fingerprint density at radius 1 is 1.58 bits per heavy atom. The Kier molecular flexibility index (Phi) is 3.41. The van der Waals surface area contributed by atoms with Crippen molar-refractivity contribution < 1.29 is 4.39 Å². The van der Waals surface area contributed by atoms with E-state index in [-0.39, 0.29) is 11.7 Å². The summed E-state index contributed by atoms with van der Waals surface area (Å²) in [6, 6.07) is 4.45. The highest BCUT2D eigenvalue weighted by Gasteiger charge is 2.07. The van der Waals surface area contributed by atoms with E-state index < -0.39 is 0 Å². The Morgan fingerprint density at radius 2 is 2.25 bits per heavy atom. The highest BCUT2D eigenvalue weighted by Crippen LogP contribution is 2.25. The van der Waals surface area contributed by atoms with Gasteiger partial charge >= 0.3 is 0 Å². The molecule has 0 saturated heterocycles. The fourth-order valence-corrected chi connectivity index (χ4v) is 1.55. The second-order valence-corrected chi connectivity index (χ2v) is 3.52. The van der Waals surface area contributed by atoms with E-state index >= 15 is 0 Å². The van der Waals surface area contributed by atoms with Crippen LogP contribution >= 0.6 is 24.2 Å². The van der Waals surface area contributed by atoms with Gasteiger partial charge in [0.25, 0.3) is 0 Å². The van der Waals surface area contributed by atoms with Crippen LogP contribution in [0.3, 0.4) is 0 Å². The molecule has 0 N–H and O–H groups in total. The molecule has 0 aliphatic carbocycles. The van der Waals surface area contributed by atoms with Gasteiger partial charge in [0.15, 0.2) is 0 Å². The zero-order valence-electron chi connectivity index (χ0n) is 6.72. The summed E-state index contributed by atoms with van der Waals surface area (Å²) in [5.74, 6) is 0.683. The van der Waals surface area contributed by atoms with Crippen molar-refractivity contribution in [3.63, 3.8) is 0 Å². The summed E-state index contributed by atoms with van der Waals surface area (Å²) in [4.78, 5) is 0. The number of hydrogen-bond acceptors (Lipinski definition) is 1. The molecular formula is C9H10ClFS. The van der Waals surface area contributed by atoms with E-state index in [4.69, 9.17) is 11.6 Å². The van der Waals surface area contributed by atoms with Gasteiger partial charge in [-0.1, -0.05) is 24.6 Å². The largest absolute Gasteiger partial charge is 0.207 e. The molecule has 3 heteroatoms. The lowest BCUT2D eigenvalue weighted by Crippen LogP contribution is -1.95. The zero-order chi connectivity index (χ0) is 9.14. The number of hydrogen-bond donors (Lipinski definition) is 1. The summed E-state index contributed by atoms with van der Waals surface area (Å²) in [6.07, 6.45) is 0. The van der Waals surface area contributed by atoms with Crippen molar-refractivity contribution in [3.05, 3.63) is 34.6 Å². The standard InChI is InChI=1S/C9H10ClFS/c1-6(5-12)8-3-2-7(11)4-9(8)10/h2-4,6,12H,5H2,1H3. The third-order valence-corrected chi connectivity index (χ3v) is 2.64.